The van der Waals surface area contributed by atoms with Gasteiger partial charge < -0.3 is 19.7 Å². The number of benzene rings is 1. The van der Waals surface area contributed by atoms with Gasteiger partial charge in [0.2, 0.25) is 5.91 Å². The van der Waals surface area contributed by atoms with Gasteiger partial charge in [-0.3, -0.25) is 4.79 Å². The summed E-state index contributed by atoms with van der Waals surface area (Å²) in [4.78, 5) is 14.8. The van der Waals surface area contributed by atoms with Crippen LogP contribution >= 0.6 is 0 Å². The quantitative estimate of drug-likeness (QED) is 0.857. The minimum Gasteiger partial charge on any atom is -0.497 e. The van der Waals surface area contributed by atoms with Gasteiger partial charge in [-0.1, -0.05) is 12.1 Å². The van der Waals surface area contributed by atoms with Gasteiger partial charge in [-0.05, 0) is 55.5 Å². The van der Waals surface area contributed by atoms with Crippen LogP contribution in [0.15, 0.2) is 24.3 Å². The number of nitrogens with zero attached hydrogens (tertiary/aromatic N) is 1. The zero-order chi connectivity index (χ0) is 17.7. The molecule has 0 radical (unpaired) electrons. The first-order chi connectivity index (χ1) is 12.2. The monoisotopic (exact) mass is 346 g/mol. The van der Waals surface area contributed by atoms with Crippen molar-refractivity contribution in [2.75, 3.05) is 47.0 Å². The van der Waals surface area contributed by atoms with Gasteiger partial charge in [0.25, 0.3) is 0 Å². The first-order valence-electron chi connectivity index (χ1n) is 9.27. The second kappa shape index (κ2) is 8.19. The van der Waals surface area contributed by atoms with E-state index < -0.39 is 0 Å². The molecule has 1 aromatic rings. The second-order valence-electron chi connectivity index (χ2n) is 7.39. The van der Waals surface area contributed by atoms with Gasteiger partial charge in [0.05, 0.1) is 13.7 Å². The van der Waals surface area contributed by atoms with Crippen molar-refractivity contribution < 1.29 is 14.3 Å². The largest absolute Gasteiger partial charge is 0.497 e. The van der Waals surface area contributed by atoms with Gasteiger partial charge in [-0.15, -0.1) is 0 Å². The number of amides is 1. The number of hydrogen-bond acceptors (Lipinski definition) is 4. The number of ether oxygens (including phenoxy) is 2. The van der Waals surface area contributed by atoms with Crippen LogP contribution in [0, 0.1) is 11.3 Å². The van der Waals surface area contributed by atoms with Gasteiger partial charge in [0, 0.05) is 32.5 Å². The Balaban J connectivity index is 1.58. The van der Waals surface area contributed by atoms with Crippen LogP contribution in [0.5, 0.6) is 5.75 Å². The number of methoxy groups -OCH3 is 2. The average Bonchev–Trinajstić information content (AvgIpc) is 2.99. The number of nitrogens with one attached hydrogen (secondary N) is 1. The van der Waals surface area contributed by atoms with E-state index in [2.05, 4.69) is 10.2 Å². The summed E-state index contributed by atoms with van der Waals surface area (Å²) in [6.07, 6.45) is 3.63. The molecule has 25 heavy (non-hydrogen) atoms. The van der Waals surface area contributed by atoms with Crippen LogP contribution in [0.2, 0.25) is 0 Å². The number of carbonyl (C=O) groups is 1. The lowest BCUT2D eigenvalue weighted by molar-refractivity contribution is -0.130. The molecule has 2 aliphatic rings. The van der Waals surface area contributed by atoms with Crippen molar-refractivity contribution in [3.05, 3.63) is 29.8 Å². The van der Waals surface area contributed by atoms with Gasteiger partial charge in [-0.2, -0.15) is 0 Å². The molecule has 1 aromatic carbocycles. The van der Waals surface area contributed by atoms with Crippen molar-refractivity contribution in [3.8, 4) is 5.75 Å². The number of piperidine rings is 1. The first kappa shape index (κ1) is 18.2. The van der Waals surface area contributed by atoms with Crippen LogP contribution in [0.4, 0.5) is 0 Å². The van der Waals surface area contributed by atoms with Crippen LogP contribution in [-0.4, -0.2) is 57.8 Å². The van der Waals surface area contributed by atoms with Crippen molar-refractivity contribution in [3.63, 3.8) is 0 Å². The Hall–Kier alpha value is -1.59. The van der Waals surface area contributed by atoms with Crippen LogP contribution in [-0.2, 0) is 16.0 Å². The Morgan fingerprint density at radius 3 is 2.60 bits per heavy atom. The lowest BCUT2D eigenvalue weighted by Gasteiger charge is -2.38. The number of carbonyl (C=O) groups excluding carboxylic acids is 1. The molecule has 2 heterocycles. The summed E-state index contributed by atoms with van der Waals surface area (Å²) >= 11 is 0. The summed E-state index contributed by atoms with van der Waals surface area (Å²) in [5, 5.41) is 3.44. The number of likely N-dealkylation sites (tertiary alicyclic amines) is 1. The Bertz CT molecular complexity index is 567. The SMILES string of the molecule is COCC1CN(C(=O)CCc2ccc(OC)cc2)CC12CCNCC2. The molecule has 1 spiro atoms. The van der Waals surface area contributed by atoms with E-state index in [1.54, 1.807) is 14.2 Å². The smallest absolute Gasteiger partial charge is 0.222 e. The molecule has 0 saturated carbocycles. The second-order valence-corrected chi connectivity index (χ2v) is 7.39. The maximum Gasteiger partial charge on any atom is 0.222 e. The van der Waals surface area contributed by atoms with E-state index in [0.717, 1.165) is 57.8 Å². The Morgan fingerprint density at radius 2 is 1.96 bits per heavy atom. The third kappa shape index (κ3) is 4.15. The molecule has 3 rings (SSSR count). The van der Waals surface area contributed by atoms with Crippen molar-refractivity contribution in [1.82, 2.24) is 10.2 Å². The van der Waals surface area contributed by atoms with E-state index in [9.17, 15) is 4.79 Å². The van der Waals surface area contributed by atoms with Crippen LogP contribution in [0.3, 0.4) is 0 Å². The van der Waals surface area contributed by atoms with Crippen molar-refractivity contribution >= 4 is 5.91 Å². The van der Waals surface area contributed by atoms with E-state index in [1.165, 1.54) is 5.56 Å². The van der Waals surface area contributed by atoms with Crippen molar-refractivity contribution in [2.45, 2.75) is 25.7 Å². The minimum atomic E-state index is 0.247. The molecule has 0 aromatic heterocycles. The molecule has 1 N–H and O–H groups in total. The fourth-order valence-electron chi connectivity index (χ4n) is 4.35. The lowest BCUT2D eigenvalue weighted by atomic mass is 9.71. The highest BCUT2D eigenvalue weighted by molar-refractivity contribution is 5.77. The molecule has 5 nitrogen and oxygen atoms in total. The Morgan fingerprint density at radius 1 is 1.24 bits per heavy atom. The van der Waals surface area contributed by atoms with Gasteiger partial charge in [0.1, 0.15) is 5.75 Å². The third-order valence-corrected chi connectivity index (χ3v) is 5.92. The van der Waals surface area contributed by atoms with E-state index >= 15 is 0 Å². The van der Waals surface area contributed by atoms with Gasteiger partial charge >= 0.3 is 0 Å². The summed E-state index contributed by atoms with van der Waals surface area (Å²) in [7, 11) is 3.43. The molecule has 138 valence electrons. The van der Waals surface area contributed by atoms with Gasteiger partial charge in [-0.25, -0.2) is 0 Å². The lowest BCUT2D eigenvalue weighted by Crippen LogP contribution is -2.43. The normalized spacial score (nSPS) is 22.3. The molecule has 2 saturated heterocycles. The number of hydrogen-bond donors (Lipinski definition) is 1. The van der Waals surface area contributed by atoms with Crippen LogP contribution in [0.1, 0.15) is 24.8 Å². The number of rotatable bonds is 6. The standard InChI is InChI=1S/C20H30N2O3/c1-24-14-17-13-22(15-20(17)9-11-21-12-10-20)19(23)8-5-16-3-6-18(25-2)7-4-16/h3-4,6-7,17,21H,5,8-15H2,1-2H3. The molecular formula is C20H30N2O3. The maximum atomic E-state index is 12.8. The molecule has 1 unspecified atom stereocenters. The molecule has 2 aliphatic heterocycles. The maximum absolute atomic E-state index is 12.8. The summed E-state index contributed by atoms with van der Waals surface area (Å²) < 4.78 is 10.6. The predicted octanol–water partition coefficient (Wildman–Crippen LogP) is 2.10. The van der Waals surface area contributed by atoms with E-state index in [4.69, 9.17) is 9.47 Å². The highest BCUT2D eigenvalue weighted by Crippen LogP contribution is 2.43. The molecule has 0 aliphatic carbocycles. The summed E-state index contributed by atoms with van der Waals surface area (Å²) in [6, 6.07) is 7.98. The van der Waals surface area contributed by atoms with Crippen LogP contribution < -0.4 is 10.1 Å². The Kier molecular flexibility index (Phi) is 5.97. The van der Waals surface area contributed by atoms with E-state index in [0.29, 0.717) is 12.3 Å². The summed E-state index contributed by atoms with van der Waals surface area (Å²) in [5.74, 6) is 1.58. The molecule has 5 heteroatoms. The van der Waals surface area contributed by atoms with Crippen LogP contribution in [0.25, 0.3) is 0 Å². The highest BCUT2D eigenvalue weighted by atomic mass is 16.5. The molecule has 0 bridgehead atoms. The van der Waals surface area contributed by atoms with E-state index in [1.807, 2.05) is 24.3 Å². The average molecular weight is 346 g/mol. The van der Waals surface area contributed by atoms with Crippen molar-refractivity contribution in [1.29, 1.82) is 0 Å². The topological polar surface area (TPSA) is 50.8 Å². The fourth-order valence-corrected chi connectivity index (χ4v) is 4.35. The zero-order valence-electron chi connectivity index (χ0n) is 15.4. The van der Waals surface area contributed by atoms with Crippen molar-refractivity contribution in [2.24, 2.45) is 11.3 Å². The molecule has 1 atom stereocenters. The molecule has 2 fully saturated rings. The zero-order valence-corrected chi connectivity index (χ0v) is 15.4. The van der Waals surface area contributed by atoms with Gasteiger partial charge in [0.15, 0.2) is 0 Å². The number of aryl methyl sites for hydroxylation is 1. The Labute approximate surface area is 150 Å². The first-order valence-corrected chi connectivity index (χ1v) is 9.27. The third-order valence-electron chi connectivity index (χ3n) is 5.92. The predicted molar refractivity (Wildman–Crippen MR) is 97.8 cm³/mol. The summed E-state index contributed by atoms with van der Waals surface area (Å²) in [6.45, 7) is 4.59. The fraction of sp³-hybridized carbons (Fsp3) is 0.650. The minimum absolute atomic E-state index is 0.247. The summed E-state index contributed by atoms with van der Waals surface area (Å²) in [5.41, 5.74) is 1.43. The van der Waals surface area contributed by atoms with E-state index in [-0.39, 0.29) is 11.3 Å². The molecule has 1 amide bonds. The highest BCUT2D eigenvalue weighted by Gasteiger charge is 2.47. The molecular weight excluding hydrogens is 316 g/mol.